The second kappa shape index (κ2) is 5.92. The number of hydrogen-bond donors (Lipinski definition) is 0. The van der Waals surface area contributed by atoms with Crippen LogP contribution in [0, 0.1) is 12.7 Å². The molecule has 0 aliphatic rings. The fourth-order valence-electron chi connectivity index (χ4n) is 1.94. The molecule has 2 nitrogen and oxygen atoms in total. The predicted molar refractivity (Wildman–Crippen MR) is 67.5 cm³/mol. The zero-order chi connectivity index (χ0) is 13.0. The molecule has 0 saturated carbocycles. The average molecular weight is 237 g/mol. The Kier molecular flexibility index (Phi) is 4.82. The van der Waals surface area contributed by atoms with Gasteiger partial charge in [0.05, 0.1) is 0 Å². The second-order valence-corrected chi connectivity index (χ2v) is 4.73. The average Bonchev–Trinajstić information content (AvgIpc) is 2.22. The van der Waals surface area contributed by atoms with Crippen molar-refractivity contribution in [3.05, 3.63) is 35.1 Å². The van der Waals surface area contributed by atoms with Gasteiger partial charge in [-0.1, -0.05) is 12.1 Å². The number of ketones is 1. The Morgan fingerprint density at radius 3 is 2.53 bits per heavy atom. The zero-order valence-electron chi connectivity index (χ0n) is 11.0. The summed E-state index contributed by atoms with van der Waals surface area (Å²) in [5, 5.41) is 0. The lowest BCUT2D eigenvalue weighted by Gasteiger charge is -2.24. The molecule has 1 rings (SSSR count). The van der Waals surface area contributed by atoms with Gasteiger partial charge in [-0.3, -0.25) is 0 Å². The summed E-state index contributed by atoms with van der Waals surface area (Å²) in [6.07, 6.45) is 1.33. The van der Waals surface area contributed by atoms with Crippen molar-refractivity contribution in [3.63, 3.8) is 0 Å². The van der Waals surface area contributed by atoms with E-state index in [0.717, 1.165) is 12.0 Å². The highest BCUT2D eigenvalue weighted by atomic mass is 19.1. The smallest absolute Gasteiger partial charge is 0.129 e. The minimum Gasteiger partial charge on any atom is -0.302 e. The number of aryl methyl sites for hydroxylation is 1. The predicted octanol–water partition coefficient (Wildman–Crippen LogP) is 3.11. The van der Waals surface area contributed by atoms with Crippen LogP contribution in [0.3, 0.4) is 0 Å². The maximum Gasteiger partial charge on any atom is 0.129 e. The molecule has 0 N–H and O–H groups in total. The Labute approximate surface area is 102 Å². The number of carbonyl (C=O) groups is 1. The van der Waals surface area contributed by atoms with E-state index in [0.29, 0.717) is 12.0 Å². The summed E-state index contributed by atoms with van der Waals surface area (Å²) in [5.74, 6) is 0.00788. The molecule has 0 amide bonds. The first-order valence-corrected chi connectivity index (χ1v) is 5.83. The van der Waals surface area contributed by atoms with Crippen LogP contribution in [0.4, 0.5) is 4.39 Å². The van der Waals surface area contributed by atoms with Crippen LogP contribution >= 0.6 is 0 Å². The van der Waals surface area contributed by atoms with E-state index >= 15 is 0 Å². The van der Waals surface area contributed by atoms with Gasteiger partial charge >= 0.3 is 0 Å². The second-order valence-electron chi connectivity index (χ2n) is 4.73. The van der Waals surface area contributed by atoms with Crippen molar-refractivity contribution in [2.75, 3.05) is 14.1 Å². The SMILES string of the molecule is CC(=O)CCC(c1ccc(F)c(C)c1)N(C)C. The van der Waals surface area contributed by atoms with E-state index in [1.54, 1.807) is 19.9 Å². The summed E-state index contributed by atoms with van der Waals surface area (Å²) >= 11 is 0. The van der Waals surface area contributed by atoms with Gasteiger partial charge in [0.2, 0.25) is 0 Å². The molecule has 0 aliphatic heterocycles. The number of rotatable bonds is 5. The molecular formula is C14H20FNO. The summed E-state index contributed by atoms with van der Waals surface area (Å²) < 4.78 is 13.2. The highest BCUT2D eigenvalue weighted by molar-refractivity contribution is 5.75. The van der Waals surface area contributed by atoms with Crippen molar-refractivity contribution >= 4 is 5.78 Å². The van der Waals surface area contributed by atoms with Crippen molar-refractivity contribution < 1.29 is 9.18 Å². The number of halogens is 1. The van der Waals surface area contributed by atoms with E-state index in [2.05, 4.69) is 4.90 Å². The third kappa shape index (κ3) is 3.93. The summed E-state index contributed by atoms with van der Waals surface area (Å²) in [5.41, 5.74) is 1.72. The van der Waals surface area contributed by atoms with Crippen molar-refractivity contribution in [1.29, 1.82) is 0 Å². The molecule has 1 atom stereocenters. The molecule has 0 aromatic heterocycles. The number of Topliss-reactive ketones (excluding diaryl/α,β-unsaturated/α-hetero) is 1. The quantitative estimate of drug-likeness (QED) is 0.784. The van der Waals surface area contributed by atoms with Gasteiger partial charge in [0.15, 0.2) is 0 Å². The third-order valence-electron chi connectivity index (χ3n) is 2.96. The van der Waals surface area contributed by atoms with E-state index in [-0.39, 0.29) is 17.6 Å². The third-order valence-corrected chi connectivity index (χ3v) is 2.96. The van der Waals surface area contributed by atoms with Gasteiger partial charge in [-0.25, -0.2) is 4.39 Å². The van der Waals surface area contributed by atoms with Crippen molar-refractivity contribution in [2.45, 2.75) is 32.7 Å². The van der Waals surface area contributed by atoms with Crippen LogP contribution in [0.5, 0.6) is 0 Å². The number of benzene rings is 1. The fraction of sp³-hybridized carbons (Fsp3) is 0.500. The summed E-state index contributed by atoms with van der Waals surface area (Å²) in [4.78, 5) is 13.1. The first-order valence-electron chi connectivity index (χ1n) is 5.83. The Hall–Kier alpha value is -1.22. The normalized spacial score (nSPS) is 12.8. The van der Waals surface area contributed by atoms with E-state index in [4.69, 9.17) is 0 Å². The minimum atomic E-state index is -0.183. The van der Waals surface area contributed by atoms with Gasteiger partial charge in [-0.15, -0.1) is 0 Å². The van der Waals surface area contributed by atoms with Crippen LogP contribution in [0.15, 0.2) is 18.2 Å². The lowest BCUT2D eigenvalue weighted by molar-refractivity contribution is -0.117. The molecule has 1 unspecified atom stereocenters. The molecule has 0 spiro atoms. The van der Waals surface area contributed by atoms with Crippen molar-refractivity contribution in [2.24, 2.45) is 0 Å². The maximum absolute atomic E-state index is 13.2. The number of hydrogen-bond acceptors (Lipinski definition) is 2. The van der Waals surface area contributed by atoms with Crippen molar-refractivity contribution in [3.8, 4) is 0 Å². The van der Waals surface area contributed by atoms with Gasteiger partial charge in [0, 0.05) is 12.5 Å². The first kappa shape index (κ1) is 13.8. The summed E-state index contributed by atoms with van der Waals surface area (Å²) in [6, 6.07) is 5.32. The van der Waals surface area contributed by atoms with Gasteiger partial charge in [-0.2, -0.15) is 0 Å². The van der Waals surface area contributed by atoms with E-state index in [1.807, 2.05) is 20.2 Å². The Balaban J connectivity index is 2.89. The molecule has 1 aromatic carbocycles. The molecule has 0 heterocycles. The van der Waals surface area contributed by atoms with Crippen LogP contribution in [0.2, 0.25) is 0 Å². The van der Waals surface area contributed by atoms with Crippen LogP contribution < -0.4 is 0 Å². The molecule has 0 aliphatic carbocycles. The largest absolute Gasteiger partial charge is 0.302 e. The Bertz CT molecular complexity index is 401. The standard InChI is InChI=1S/C14H20FNO/c1-10-9-12(6-7-13(10)15)14(16(3)4)8-5-11(2)17/h6-7,9,14H,5,8H2,1-4H3. The van der Waals surface area contributed by atoms with Gasteiger partial charge in [-0.05, 0) is 51.6 Å². The highest BCUT2D eigenvalue weighted by Crippen LogP contribution is 2.25. The summed E-state index contributed by atoms with van der Waals surface area (Å²) in [6.45, 7) is 3.36. The topological polar surface area (TPSA) is 20.3 Å². The Morgan fingerprint density at radius 2 is 2.06 bits per heavy atom. The van der Waals surface area contributed by atoms with Gasteiger partial charge in [0.25, 0.3) is 0 Å². The number of nitrogens with zero attached hydrogens (tertiary/aromatic N) is 1. The molecule has 1 aromatic rings. The zero-order valence-corrected chi connectivity index (χ0v) is 11.0. The molecular weight excluding hydrogens is 217 g/mol. The highest BCUT2D eigenvalue weighted by Gasteiger charge is 2.15. The molecule has 3 heteroatoms. The van der Waals surface area contributed by atoms with Crippen molar-refractivity contribution in [1.82, 2.24) is 4.90 Å². The van der Waals surface area contributed by atoms with Gasteiger partial charge in [0.1, 0.15) is 11.6 Å². The minimum absolute atomic E-state index is 0.165. The van der Waals surface area contributed by atoms with Crippen LogP contribution in [-0.2, 0) is 4.79 Å². The first-order chi connectivity index (χ1) is 7.91. The monoisotopic (exact) mass is 237 g/mol. The summed E-state index contributed by atoms with van der Waals surface area (Å²) in [7, 11) is 3.95. The maximum atomic E-state index is 13.2. The van der Waals surface area contributed by atoms with Gasteiger partial charge < -0.3 is 9.69 Å². The van der Waals surface area contributed by atoms with E-state index in [1.165, 1.54) is 6.07 Å². The number of carbonyl (C=O) groups excluding carboxylic acids is 1. The molecule has 0 fully saturated rings. The molecule has 0 bridgehead atoms. The molecule has 0 saturated heterocycles. The molecule has 0 radical (unpaired) electrons. The molecule has 17 heavy (non-hydrogen) atoms. The van der Waals surface area contributed by atoms with Crippen LogP contribution in [0.1, 0.15) is 36.9 Å². The van der Waals surface area contributed by atoms with Crippen LogP contribution in [0.25, 0.3) is 0 Å². The lowest BCUT2D eigenvalue weighted by Crippen LogP contribution is -2.20. The lowest BCUT2D eigenvalue weighted by atomic mass is 9.98. The van der Waals surface area contributed by atoms with E-state index in [9.17, 15) is 9.18 Å². The fourth-order valence-corrected chi connectivity index (χ4v) is 1.94. The molecule has 94 valence electrons. The van der Waals surface area contributed by atoms with E-state index < -0.39 is 0 Å². The Morgan fingerprint density at radius 1 is 1.41 bits per heavy atom. The van der Waals surface area contributed by atoms with Crippen LogP contribution in [-0.4, -0.2) is 24.8 Å².